The Bertz CT molecular complexity index is 138. The summed E-state index contributed by atoms with van der Waals surface area (Å²) in [5.41, 5.74) is 0. The van der Waals surface area contributed by atoms with Crippen molar-refractivity contribution in [2.75, 3.05) is 19.0 Å². The first-order valence-corrected chi connectivity index (χ1v) is 6.09. The summed E-state index contributed by atoms with van der Waals surface area (Å²) in [6, 6.07) is 0.782. The maximum Gasteiger partial charge on any atom is 0.0223 e. The first kappa shape index (κ1) is 11.3. The van der Waals surface area contributed by atoms with Crippen LogP contribution in [0.4, 0.5) is 0 Å². The molecule has 13 heavy (non-hydrogen) atoms. The highest BCUT2D eigenvalue weighted by Crippen LogP contribution is 2.22. The number of piperidine rings is 1. The maximum absolute atomic E-state index is 5.67. The van der Waals surface area contributed by atoms with E-state index in [0.29, 0.717) is 0 Å². The molecule has 0 amide bonds. The molecule has 0 aromatic rings. The number of unbranched alkanes of at least 4 members (excludes halogenated alkanes) is 1. The molecule has 0 saturated carbocycles. The summed E-state index contributed by atoms with van der Waals surface area (Å²) in [6.07, 6.45) is 5.22. The van der Waals surface area contributed by atoms with Gasteiger partial charge in [0.2, 0.25) is 0 Å². The fourth-order valence-electron chi connectivity index (χ4n) is 2.15. The lowest BCUT2D eigenvalue weighted by Gasteiger charge is -2.37. The van der Waals surface area contributed by atoms with Crippen molar-refractivity contribution in [1.29, 1.82) is 0 Å². The monoisotopic (exact) mass is 203 g/mol. The average molecular weight is 204 g/mol. The van der Waals surface area contributed by atoms with E-state index in [9.17, 15) is 0 Å². The van der Waals surface area contributed by atoms with E-state index >= 15 is 0 Å². The largest absolute Gasteiger partial charge is 0.300 e. The Morgan fingerprint density at radius 3 is 2.77 bits per heavy atom. The summed E-state index contributed by atoms with van der Waals surface area (Å²) in [7, 11) is 0. The number of likely N-dealkylation sites (tertiary alicyclic amines) is 1. The molecule has 0 bridgehead atoms. The van der Waals surface area contributed by atoms with Gasteiger partial charge in [-0.1, -0.05) is 6.92 Å². The number of nitrogens with zero attached hydrogens (tertiary/aromatic N) is 1. The summed E-state index contributed by atoms with van der Waals surface area (Å²) >= 11 is 5.67. The molecule has 2 heteroatoms. The van der Waals surface area contributed by atoms with Gasteiger partial charge in [-0.05, 0) is 51.6 Å². The minimum Gasteiger partial charge on any atom is -0.300 e. The zero-order valence-electron chi connectivity index (χ0n) is 8.93. The van der Waals surface area contributed by atoms with Gasteiger partial charge in [0.1, 0.15) is 0 Å². The molecule has 78 valence electrons. The molecular weight excluding hydrogens is 182 g/mol. The number of hydrogen-bond donors (Lipinski definition) is 0. The van der Waals surface area contributed by atoms with Crippen molar-refractivity contribution in [2.45, 2.75) is 45.6 Å². The summed E-state index contributed by atoms with van der Waals surface area (Å²) in [5.74, 6) is 1.70. The molecule has 1 heterocycles. The van der Waals surface area contributed by atoms with Crippen molar-refractivity contribution >= 4 is 11.6 Å². The lowest BCUT2D eigenvalue weighted by atomic mass is 9.92. The molecule has 2 atom stereocenters. The van der Waals surface area contributed by atoms with Crippen molar-refractivity contribution in [2.24, 2.45) is 5.92 Å². The van der Waals surface area contributed by atoms with E-state index in [2.05, 4.69) is 18.7 Å². The predicted molar refractivity (Wildman–Crippen MR) is 59.4 cm³/mol. The third kappa shape index (κ3) is 3.47. The van der Waals surface area contributed by atoms with Crippen LogP contribution in [0.3, 0.4) is 0 Å². The van der Waals surface area contributed by atoms with Crippen molar-refractivity contribution < 1.29 is 0 Å². The Kier molecular flexibility index (Phi) is 5.12. The normalized spacial score (nSPS) is 30.7. The summed E-state index contributed by atoms with van der Waals surface area (Å²) < 4.78 is 0. The quantitative estimate of drug-likeness (QED) is 0.501. The van der Waals surface area contributed by atoms with Crippen LogP contribution in [0.5, 0.6) is 0 Å². The van der Waals surface area contributed by atoms with Gasteiger partial charge in [0.05, 0.1) is 0 Å². The van der Waals surface area contributed by atoms with E-state index in [1.165, 1.54) is 38.8 Å². The van der Waals surface area contributed by atoms with Gasteiger partial charge in [0.25, 0.3) is 0 Å². The molecular formula is C11H22ClN. The van der Waals surface area contributed by atoms with Crippen LogP contribution >= 0.6 is 11.6 Å². The zero-order chi connectivity index (χ0) is 9.68. The minimum absolute atomic E-state index is 0.782. The topological polar surface area (TPSA) is 3.24 Å². The first-order chi connectivity index (χ1) is 6.25. The molecule has 1 fully saturated rings. The lowest BCUT2D eigenvalue weighted by molar-refractivity contribution is 0.112. The third-order valence-electron chi connectivity index (χ3n) is 3.33. The van der Waals surface area contributed by atoms with Gasteiger partial charge in [-0.2, -0.15) is 0 Å². The van der Waals surface area contributed by atoms with Gasteiger partial charge >= 0.3 is 0 Å². The van der Waals surface area contributed by atoms with E-state index in [4.69, 9.17) is 11.6 Å². The molecule has 0 aromatic carbocycles. The van der Waals surface area contributed by atoms with Crippen LogP contribution in [-0.2, 0) is 0 Å². The molecule has 1 saturated heterocycles. The SMILES string of the molecule is CC1CCCN(CCCCCl)C1C. The number of alkyl halides is 1. The lowest BCUT2D eigenvalue weighted by Crippen LogP contribution is -2.42. The van der Waals surface area contributed by atoms with Crippen molar-refractivity contribution in [1.82, 2.24) is 4.90 Å². The van der Waals surface area contributed by atoms with Crippen LogP contribution in [0, 0.1) is 5.92 Å². The van der Waals surface area contributed by atoms with E-state index in [1.807, 2.05) is 0 Å². The third-order valence-corrected chi connectivity index (χ3v) is 3.60. The molecule has 0 radical (unpaired) electrons. The van der Waals surface area contributed by atoms with E-state index < -0.39 is 0 Å². The Balaban J connectivity index is 2.23. The number of rotatable bonds is 4. The Morgan fingerprint density at radius 1 is 1.31 bits per heavy atom. The Hall–Kier alpha value is 0.250. The van der Waals surface area contributed by atoms with Gasteiger partial charge in [-0.25, -0.2) is 0 Å². The molecule has 2 unspecified atom stereocenters. The first-order valence-electron chi connectivity index (χ1n) is 5.55. The van der Waals surface area contributed by atoms with Gasteiger partial charge in [-0.15, -0.1) is 11.6 Å². The molecule has 1 rings (SSSR count). The summed E-state index contributed by atoms with van der Waals surface area (Å²) in [4.78, 5) is 2.63. The molecule has 0 aromatic heterocycles. The fourth-order valence-corrected chi connectivity index (χ4v) is 2.33. The maximum atomic E-state index is 5.67. The molecule has 0 N–H and O–H groups in total. The van der Waals surface area contributed by atoms with Gasteiger partial charge in [-0.3, -0.25) is 0 Å². The summed E-state index contributed by atoms with van der Waals surface area (Å²) in [5, 5.41) is 0. The van der Waals surface area contributed by atoms with E-state index in [-0.39, 0.29) is 0 Å². The van der Waals surface area contributed by atoms with Gasteiger partial charge in [0, 0.05) is 11.9 Å². The van der Waals surface area contributed by atoms with Crippen LogP contribution in [0.15, 0.2) is 0 Å². The van der Waals surface area contributed by atoms with E-state index in [0.717, 1.165) is 17.8 Å². The standard InChI is InChI=1S/C11H22ClN/c1-10-6-5-9-13(11(10)2)8-4-3-7-12/h10-11H,3-9H2,1-2H3. The van der Waals surface area contributed by atoms with E-state index in [1.54, 1.807) is 0 Å². The highest BCUT2D eigenvalue weighted by molar-refractivity contribution is 6.17. The smallest absolute Gasteiger partial charge is 0.0223 e. The number of halogens is 1. The Labute approximate surface area is 87.4 Å². The Morgan fingerprint density at radius 2 is 2.08 bits per heavy atom. The minimum atomic E-state index is 0.782. The molecule has 1 aliphatic rings. The molecule has 1 nitrogen and oxygen atoms in total. The van der Waals surface area contributed by atoms with Gasteiger partial charge < -0.3 is 4.90 Å². The second-order valence-electron chi connectivity index (χ2n) is 4.29. The highest BCUT2D eigenvalue weighted by Gasteiger charge is 2.23. The van der Waals surface area contributed by atoms with Crippen LogP contribution in [0.1, 0.15) is 39.5 Å². The van der Waals surface area contributed by atoms with Crippen LogP contribution in [-0.4, -0.2) is 29.9 Å². The van der Waals surface area contributed by atoms with Crippen molar-refractivity contribution in [3.63, 3.8) is 0 Å². The summed E-state index contributed by atoms with van der Waals surface area (Å²) in [6.45, 7) is 7.29. The molecule has 0 aliphatic carbocycles. The average Bonchev–Trinajstić information content (AvgIpc) is 2.13. The van der Waals surface area contributed by atoms with Crippen LogP contribution in [0.2, 0.25) is 0 Å². The van der Waals surface area contributed by atoms with Gasteiger partial charge in [0.15, 0.2) is 0 Å². The zero-order valence-corrected chi connectivity index (χ0v) is 9.69. The van der Waals surface area contributed by atoms with Crippen molar-refractivity contribution in [3.8, 4) is 0 Å². The molecule has 1 aliphatic heterocycles. The predicted octanol–water partition coefficient (Wildman–Crippen LogP) is 3.13. The van der Waals surface area contributed by atoms with Crippen molar-refractivity contribution in [3.05, 3.63) is 0 Å². The fraction of sp³-hybridized carbons (Fsp3) is 1.00. The van der Waals surface area contributed by atoms with Crippen LogP contribution < -0.4 is 0 Å². The second kappa shape index (κ2) is 5.87. The highest BCUT2D eigenvalue weighted by atomic mass is 35.5. The molecule has 0 spiro atoms. The van der Waals surface area contributed by atoms with Crippen LogP contribution in [0.25, 0.3) is 0 Å². The number of hydrogen-bond acceptors (Lipinski definition) is 1. The second-order valence-corrected chi connectivity index (χ2v) is 4.67.